The van der Waals surface area contributed by atoms with Crippen LogP contribution >= 0.6 is 27.3 Å². The van der Waals surface area contributed by atoms with Crippen LogP contribution in [0.4, 0.5) is 0 Å². The van der Waals surface area contributed by atoms with Crippen molar-refractivity contribution in [3.8, 4) is 0 Å². The molecule has 8 nitrogen and oxygen atoms in total. The second-order valence-electron chi connectivity index (χ2n) is 6.56. The fourth-order valence-corrected chi connectivity index (χ4v) is 6.13. The lowest BCUT2D eigenvalue weighted by atomic mass is 10.3. The van der Waals surface area contributed by atoms with Gasteiger partial charge in [-0.25, -0.2) is 13.4 Å². The number of nitrogens with zero attached hydrogens (tertiary/aromatic N) is 5. The Bertz CT molecular complexity index is 1180. The zero-order valence-electron chi connectivity index (χ0n) is 15.1. The highest BCUT2D eigenvalue weighted by molar-refractivity contribution is 9.10. The SMILES string of the molecule is Cc1cc(=O)n2nc(CN3CCN(S(=O)(=O)c4cccc(Br)c4)CC3)sc2n1. The Labute approximate surface area is 174 Å². The van der Waals surface area contributed by atoms with Crippen LogP contribution in [-0.2, 0) is 16.6 Å². The van der Waals surface area contributed by atoms with E-state index in [1.807, 2.05) is 0 Å². The summed E-state index contributed by atoms with van der Waals surface area (Å²) in [5, 5.41) is 5.14. The van der Waals surface area contributed by atoms with E-state index in [4.69, 9.17) is 0 Å². The molecule has 0 unspecified atom stereocenters. The van der Waals surface area contributed by atoms with Crippen LogP contribution in [0.2, 0.25) is 0 Å². The molecular weight excluding hydrogens is 466 g/mol. The predicted molar refractivity (Wildman–Crippen MR) is 110 cm³/mol. The molecule has 3 aromatic rings. The summed E-state index contributed by atoms with van der Waals surface area (Å²) in [6.07, 6.45) is 0. The van der Waals surface area contributed by atoms with Crippen LogP contribution in [0.5, 0.6) is 0 Å². The van der Waals surface area contributed by atoms with Crippen molar-refractivity contribution in [3.63, 3.8) is 0 Å². The van der Waals surface area contributed by atoms with Crippen LogP contribution in [0.3, 0.4) is 0 Å². The highest BCUT2D eigenvalue weighted by Crippen LogP contribution is 2.22. The van der Waals surface area contributed by atoms with Gasteiger partial charge in [0.1, 0.15) is 5.01 Å². The number of benzene rings is 1. The molecule has 148 valence electrons. The number of aryl methyl sites for hydroxylation is 1. The third-order valence-corrected chi connectivity index (χ3v) is 7.82. The summed E-state index contributed by atoms with van der Waals surface area (Å²) < 4.78 is 29.2. The van der Waals surface area contributed by atoms with Crippen molar-refractivity contribution in [1.82, 2.24) is 23.8 Å². The standard InChI is InChI=1S/C17H18BrN5O3S2/c1-12-9-16(24)23-17(19-12)27-15(20-23)11-21-5-7-22(8-6-21)28(25,26)14-4-2-3-13(18)10-14/h2-4,9-10H,5-8,11H2,1H3. The van der Waals surface area contributed by atoms with Gasteiger partial charge in [-0.05, 0) is 25.1 Å². The van der Waals surface area contributed by atoms with Gasteiger partial charge in [0.15, 0.2) is 0 Å². The van der Waals surface area contributed by atoms with Crippen LogP contribution in [0, 0.1) is 6.92 Å². The number of hydrogen-bond acceptors (Lipinski definition) is 7. The average molecular weight is 484 g/mol. The maximum absolute atomic E-state index is 12.8. The van der Waals surface area contributed by atoms with E-state index < -0.39 is 10.0 Å². The summed E-state index contributed by atoms with van der Waals surface area (Å²) in [4.78, 5) is 19.4. The molecule has 0 saturated carbocycles. The van der Waals surface area contributed by atoms with Gasteiger partial charge >= 0.3 is 0 Å². The van der Waals surface area contributed by atoms with E-state index in [9.17, 15) is 13.2 Å². The Kier molecular flexibility index (Phi) is 5.36. The Morgan fingerprint density at radius 1 is 1.18 bits per heavy atom. The van der Waals surface area contributed by atoms with Crippen LogP contribution in [0.15, 0.2) is 44.5 Å². The van der Waals surface area contributed by atoms with E-state index in [2.05, 4.69) is 30.9 Å². The number of hydrogen-bond donors (Lipinski definition) is 0. The number of halogens is 1. The molecule has 0 spiro atoms. The minimum Gasteiger partial charge on any atom is -0.294 e. The molecule has 0 atom stereocenters. The molecule has 1 aliphatic rings. The summed E-state index contributed by atoms with van der Waals surface area (Å²) >= 11 is 4.71. The molecule has 1 saturated heterocycles. The fraction of sp³-hybridized carbons (Fsp3) is 0.353. The number of piperazine rings is 1. The molecule has 0 radical (unpaired) electrons. The summed E-state index contributed by atoms with van der Waals surface area (Å²) in [7, 11) is -3.50. The minimum atomic E-state index is -3.50. The first kappa shape index (κ1) is 19.6. The topological polar surface area (TPSA) is 87.9 Å². The lowest BCUT2D eigenvalue weighted by molar-refractivity contribution is 0.181. The average Bonchev–Trinajstić information content (AvgIpc) is 3.05. The number of aromatic nitrogens is 3. The molecule has 2 aromatic heterocycles. The maximum atomic E-state index is 12.8. The van der Waals surface area contributed by atoms with E-state index in [-0.39, 0.29) is 5.56 Å². The quantitative estimate of drug-likeness (QED) is 0.561. The summed E-state index contributed by atoms with van der Waals surface area (Å²) in [5.41, 5.74) is 0.488. The Hall–Kier alpha value is -1.66. The van der Waals surface area contributed by atoms with Crippen molar-refractivity contribution in [3.05, 3.63) is 55.9 Å². The van der Waals surface area contributed by atoms with E-state index in [0.717, 1.165) is 9.48 Å². The van der Waals surface area contributed by atoms with Crippen LogP contribution in [0.25, 0.3) is 4.96 Å². The van der Waals surface area contributed by atoms with Crippen LogP contribution < -0.4 is 5.56 Å². The van der Waals surface area contributed by atoms with Crippen molar-refractivity contribution in [2.24, 2.45) is 0 Å². The fourth-order valence-electron chi connectivity index (χ4n) is 3.12. The van der Waals surface area contributed by atoms with Crippen molar-refractivity contribution >= 4 is 42.3 Å². The first-order chi connectivity index (χ1) is 13.3. The van der Waals surface area contributed by atoms with Crippen molar-refractivity contribution < 1.29 is 8.42 Å². The third kappa shape index (κ3) is 3.90. The van der Waals surface area contributed by atoms with Gasteiger partial charge in [-0.3, -0.25) is 9.69 Å². The van der Waals surface area contributed by atoms with Gasteiger partial charge in [0.25, 0.3) is 5.56 Å². The first-order valence-electron chi connectivity index (χ1n) is 8.67. The summed E-state index contributed by atoms with van der Waals surface area (Å²) in [6, 6.07) is 8.21. The lowest BCUT2D eigenvalue weighted by Crippen LogP contribution is -2.48. The van der Waals surface area contributed by atoms with Crippen molar-refractivity contribution in [1.29, 1.82) is 0 Å². The van der Waals surface area contributed by atoms with E-state index in [0.29, 0.717) is 48.3 Å². The zero-order valence-corrected chi connectivity index (χ0v) is 18.3. The third-order valence-electron chi connectivity index (χ3n) is 4.54. The molecule has 3 heterocycles. The summed E-state index contributed by atoms with van der Waals surface area (Å²) in [6.45, 7) is 4.38. The molecule has 1 aliphatic heterocycles. The van der Waals surface area contributed by atoms with Gasteiger partial charge in [0.2, 0.25) is 15.0 Å². The van der Waals surface area contributed by atoms with Gasteiger partial charge in [0, 0.05) is 42.4 Å². The van der Waals surface area contributed by atoms with Gasteiger partial charge in [-0.15, -0.1) is 0 Å². The minimum absolute atomic E-state index is 0.185. The van der Waals surface area contributed by atoms with Crippen molar-refractivity contribution in [2.75, 3.05) is 26.2 Å². The second kappa shape index (κ2) is 7.64. The molecule has 1 aromatic carbocycles. The van der Waals surface area contributed by atoms with E-state index >= 15 is 0 Å². The molecule has 4 rings (SSSR count). The molecule has 0 aliphatic carbocycles. The highest BCUT2D eigenvalue weighted by atomic mass is 79.9. The Balaban J connectivity index is 1.44. The van der Waals surface area contributed by atoms with Gasteiger partial charge in [-0.2, -0.15) is 13.9 Å². The van der Waals surface area contributed by atoms with E-state index in [1.54, 1.807) is 31.2 Å². The molecule has 28 heavy (non-hydrogen) atoms. The smallest absolute Gasteiger partial charge is 0.275 e. The van der Waals surface area contributed by atoms with E-state index in [1.165, 1.54) is 26.2 Å². The number of fused-ring (bicyclic) bond motifs is 1. The molecule has 0 N–H and O–H groups in total. The molecule has 11 heteroatoms. The van der Waals surface area contributed by atoms with Crippen LogP contribution in [0.1, 0.15) is 10.7 Å². The first-order valence-corrected chi connectivity index (χ1v) is 11.7. The monoisotopic (exact) mass is 483 g/mol. The van der Waals surface area contributed by atoms with Crippen LogP contribution in [-0.4, -0.2) is 58.4 Å². The second-order valence-corrected chi connectivity index (χ2v) is 10.5. The Morgan fingerprint density at radius 2 is 1.93 bits per heavy atom. The molecule has 0 amide bonds. The number of sulfonamides is 1. The van der Waals surface area contributed by atoms with Gasteiger partial charge in [-0.1, -0.05) is 33.3 Å². The van der Waals surface area contributed by atoms with Gasteiger partial charge in [0.05, 0.1) is 11.4 Å². The van der Waals surface area contributed by atoms with Crippen molar-refractivity contribution in [2.45, 2.75) is 18.4 Å². The Morgan fingerprint density at radius 3 is 2.64 bits per heavy atom. The van der Waals surface area contributed by atoms with Gasteiger partial charge < -0.3 is 0 Å². The predicted octanol–water partition coefficient (Wildman–Crippen LogP) is 1.73. The zero-order chi connectivity index (χ0) is 19.9. The number of rotatable bonds is 4. The summed E-state index contributed by atoms with van der Waals surface area (Å²) in [5.74, 6) is 0. The highest BCUT2D eigenvalue weighted by Gasteiger charge is 2.29. The lowest BCUT2D eigenvalue weighted by Gasteiger charge is -2.33. The molecule has 1 fully saturated rings. The largest absolute Gasteiger partial charge is 0.294 e. The molecular formula is C17H18BrN5O3S2. The normalized spacial score (nSPS) is 16.6. The molecule has 0 bridgehead atoms. The maximum Gasteiger partial charge on any atom is 0.275 e.